The van der Waals surface area contributed by atoms with Crippen LogP contribution in [0.1, 0.15) is 31.4 Å². The Labute approximate surface area is 283 Å². The molecule has 45 heavy (non-hydrogen) atoms. The molecule has 0 saturated heterocycles. The average molecular weight is 732 g/mol. The maximum Gasteiger partial charge on any atom is 0.264 e. The number of anilines is 1. The van der Waals surface area contributed by atoms with Gasteiger partial charge in [0.1, 0.15) is 12.6 Å². The van der Waals surface area contributed by atoms with Crippen LogP contribution in [0.3, 0.4) is 0 Å². The maximum atomic E-state index is 14.5. The fraction of sp³-hybridized carbons (Fsp3) is 0.235. The number of halogens is 3. The molecule has 0 aliphatic heterocycles. The molecule has 0 saturated carbocycles. The number of amides is 2. The Bertz CT molecular complexity index is 1730. The van der Waals surface area contributed by atoms with Gasteiger partial charge in [0.15, 0.2) is 0 Å². The molecule has 1 N–H and O–H groups in total. The van der Waals surface area contributed by atoms with Crippen LogP contribution in [-0.4, -0.2) is 43.8 Å². The van der Waals surface area contributed by atoms with E-state index >= 15 is 0 Å². The number of hydrogen-bond acceptors (Lipinski definition) is 4. The van der Waals surface area contributed by atoms with Gasteiger partial charge >= 0.3 is 0 Å². The molecule has 2 amide bonds. The summed E-state index contributed by atoms with van der Waals surface area (Å²) in [7, 11) is -4.29. The molecule has 0 heterocycles. The molecule has 7 nitrogen and oxygen atoms in total. The van der Waals surface area contributed by atoms with E-state index < -0.39 is 28.5 Å². The Balaban J connectivity index is 1.83. The summed E-state index contributed by atoms with van der Waals surface area (Å²) in [6, 6.07) is 28.1. The normalized spacial score (nSPS) is 12.6. The van der Waals surface area contributed by atoms with Gasteiger partial charge in [0.2, 0.25) is 11.8 Å². The van der Waals surface area contributed by atoms with Crippen molar-refractivity contribution in [3.05, 3.63) is 129 Å². The van der Waals surface area contributed by atoms with Crippen molar-refractivity contribution in [2.45, 2.75) is 50.2 Å². The molecule has 0 aliphatic carbocycles. The lowest BCUT2D eigenvalue weighted by Gasteiger charge is -2.34. The summed E-state index contributed by atoms with van der Waals surface area (Å²) in [5, 5.41) is 3.15. The second-order valence-corrected chi connectivity index (χ2v) is 14.1. The number of carbonyl (C=O) groups is 2. The summed E-state index contributed by atoms with van der Waals surface area (Å²) < 4.78 is 30.0. The van der Waals surface area contributed by atoms with Crippen molar-refractivity contribution in [1.82, 2.24) is 10.2 Å². The van der Waals surface area contributed by atoms with Crippen molar-refractivity contribution in [3.8, 4) is 0 Å². The van der Waals surface area contributed by atoms with E-state index in [1.165, 1.54) is 29.2 Å². The lowest BCUT2D eigenvalue weighted by atomic mass is 10.0. The zero-order chi connectivity index (χ0) is 32.6. The Kier molecular flexibility index (Phi) is 12.1. The molecule has 0 spiro atoms. The molecular formula is C34H34BrCl2N3O4S. The van der Waals surface area contributed by atoms with Crippen LogP contribution in [0.2, 0.25) is 10.0 Å². The Morgan fingerprint density at radius 3 is 2.13 bits per heavy atom. The summed E-state index contributed by atoms with van der Waals surface area (Å²) in [4.78, 5) is 29.9. The van der Waals surface area contributed by atoms with Crippen LogP contribution in [0.5, 0.6) is 0 Å². The third-order valence-electron chi connectivity index (χ3n) is 7.32. The van der Waals surface area contributed by atoms with Gasteiger partial charge in [0, 0.05) is 23.5 Å². The van der Waals surface area contributed by atoms with Crippen LogP contribution in [0.25, 0.3) is 0 Å². The minimum atomic E-state index is -4.29. The van der Waals surface area contributed by atoms with Gasteiger partial charge in [-0.1, -0.05) is 113 Å². The topological polar surface area (TPSA) is 86.8 Å². The molecule has 11 heteroatoms. The number of carbonyl (C=O) groups excluding carboxylic acids is 2. The monoisotopic (exact) mass is 729 g/mol. The first-order chi connectivity index (χ1) is 21.5. The minimum Gasteiger partial charge on any atom is -0.352 e. The number of sulfonamides is 1. The predicted octanol–water partition coefficient (Wildman–Crippen LogP) is 7.51. The molecular weight excluding hydrogens is 697 g/mol. The third kappa shape index (κ3) is 8.88. The predicted molar refractivity (Wildman–Crippen MR) is 184 cm³/mol. The second-order valence-electron chi connectivity index (χ2n) is 10.6. The molecule has 4 rings (SSSR count). The SMILES string of the molecule is CCC(C)NC(=O)C(Cc1ccccc1)N(Cc1cccc(Br)c1)C(=O)CN(c1cccc(Cl)c1Cl)S(=O)(=O)c1ccccc1. The largest absolute Gasteiger partial charge is 0.352 e. The van der Waals surface area contributed by atoms with E-state index in [4.69, 9.17) is 23.2 Å². The number of benzene rings is 4. The van der Waals surface area contributed by atoms with E-state index in [2.05, 4.69) is 21.2 Å². The summed E-state index contributed by atoms with van der Waals surface area (Å²) in [5.74, 6) is -0.930. The van der Waals surface area contributed by atoms with Gasteiger partial charge in [0.25, 0.3) is 10.0 Å². The van der Waals surface area contributed by atoms with Gasteiger partial charge in [-0.15, -0.1) is 0 Å². The second kappa shape index (κ2) is 15.8. The standard InChI is InChI=1S/C34H34BrCl2N3O4S/c1-3-24(2)38-34(42)31(21-25-12-6-4-7-13-25)39(22-26-14-10-15-27(35)20-26)32(41)23-40(30-19-11-18-29(36)33(30)37)45(43,44)28-16-8-5-9-17-28/h4-20,24,31H,3,21-23H2,1-2H3,(H,38,42). The first-order valence-corrected chi connectivity index (χ1v) is 17.4. The van der Waals surface area contributed by atoms with Gasteiger partial charge in [-0.3, -0.25) is 13.9 Å². The van der Waals surface area contributed by atoms with E-state index in [-0.39, 0.29) is 45.5 Å². The third-order valence-corrected chi connectivity index (χ3v) is 10.4. The number of hydrogen-bond donors (Lipinski definition) is 1. The van der Waals surface area contributed by atoms with Crippen LogP contribution >= 0.6 is 39.1 Å². The highest BCUT2D eigenvalue weighted by molar-refractivity contribution is 9.10. The zero-order valence-electron chi connectivity index (χ0n) is 24.9. The highest BCUT2D eigenvalue weighted by Crippen LogP contribution is 2.35. The first kappa shape index (κ1) is 34.5. The Morgan fingerprint density at radius 2 is 1.49 bits per heavy atom. The fourth-order valence-electron chi connectivity index (χ4n) is 4.75. The molecule has 2 unspecified atom stereocenters. The van der Waals surface area contributed by atoms with Crippen molar-refractivity contribution in [2.24, 2.45) is 0 Å². The smallest absolute Gasteiger partial charge is 0.264 e. The maximum absolute atomic E-state index is 14.5. The Morgan fingerprint density at radius 1 is 0.867 bits per heavy atom. The minimum absolute atomic E-state index is 0.0136. The van der Waals surface area contributed by atoms with Crippen LogP contribution in [0.4, 0.5) is 5.69 Å². The lowest BCUT2D eigenvalue weighted by molar-refractivity contribution is -0.140. The van der Waals surface area contributed by atoms with Crippen LogP contribution in [-0.2, 0) is 32.6 Å². The molecule has 0 aromatic heterocycles. The highest BCUT2D eigenvalue weighted by atomic mass is 79.9. The summed E-state index contributed by atoms with van der Waals surface area (Å²) in [6.45, 7) is 3.27. The van der Waals surface area contributed by atoms with E-state index in [1.54, 1.807) is 24.3 Å². The van der Waals surface area contributed by atoms with E-state index in [9.17, 15) is 18.0 Å². The fourth-order valence-corrected chi connectivity index (χ4v) is 7.09. The first-order valence-electron chi connectivity index (χ1n) is 14.4. The lowest BCUT2D eigenvalue weighted by Crippen LogP contribution is -2.54. The van der Waals surface area contributed by atoms with E-state index in [1.807, 2.05) is 68.4 Å². The van der Waals surface area contributed by atoms with Gasteiger partial charge in [-0.05, 0) is 60.9 Å². The molecule has 0 bridgehead atoms. The summed E-state index contributed by atoms with van der Waals surface area (Å²) >= 11 is 16.4. The number of nitrogens with zero attached hydrogens (tertiary/aromatic N) is 2. The number of nitrogens with one attached hydrogen (secondary N) is 1. The highest BCUT2D eigenvalue weighted by Gasteiger charge is 2.35. The van der Waals surface area contributed by atoms with Crippen molar-refractivity contribution in [1.29, 1.82) is 0 Å². The van der Waals surface area contributed by atoms with Gasteiger partial charge in [-0.2, -0.15) is 0 Å². The molecule has 2 atom stereocenters. The van der Waals surface area contributed by atoms with Crippen molar-refractivity contribution < 1.29 is 18.0 Å². The van der Waals surface area contributed by atoms with Crippen molar-refractivity contribution in [2.75, 3.05) is 10.8 Å². The van der Waals surface area contributed by atoms with Gasteiger partial charge in [-0.25, -0.2) is 8.42 Å². The molecule has 0 fully saturated rings. The van der Waals surface area contributed by atoms with Crippen LogP contribution in [0, 0.1) is 0 Å². The molecule has 4 aromatic rings. The summed E-state index contributed by atoms with van der Waals surface area (Å²) in [5.41, 5.74) is 1.65. The Hall–Kier alpha value is -3.37. The van der Waals surface area contributed by atoms with Crippen LogP contribution < -0.4 is 9.62 Å². The van der Waals surface area contributed by atoms with Gasteiger partial charge in [0.05, 0.1) is 20.6 Å². The quantitative estimate of drug-likeness (QED) is 0.154. The van der Waals surface area contributed by atoms with Crippen LogP contribution in [0.15, 0.2) is 112 Å². The molecule has 0 aliphatic rings. The van der Waals surface area contributed by atoms with Crippen molar-refractivity contribution >= 4 is 66.7 Å². The van der Waals surface area contributed by atoms with Gasteiger partial charge < -0.3 is 10.2 Å². The van der Waals surface area contributed by atoms with E-state index in [0.717, 1.165) is 19.9 Å². The molecule has 4 aromatic carbocycles. The molecule has 0 radical (unpaired) electrons. The van der Waals surface area contributed by atoms with E-state index in [0.29, 0.717) is 6.42 Å². The number of rotatable bonds is 13. The summed E-state index contributed by atoms with van der Waals surface area (Å²) in [6.07, 6.45) is 0.909. The average Bonchev–Trinajstić information content (AvgIpc) is 3.03. The zero-order valence-corrected chi connectivity index (χ0v) is 28.8. The van der Waals surface area contributed by atoms with Crippen molar-refractivity contribution in [3.63, 3.8) is 0 Å². The molecule has 236 valence electrons.